The molecule has 11 heavy (non-hydrogen) atoms. The summed E-state index contributed by atoms with van der Waals surface area (Å²) < 4.78 is 0. The largest absolute Gasteiger partial charge is 0.313 e. The Hall–Kier alpha value is -1.65. The lowest BCUT2D eigenvalue weighted by atomic mass is 10.2. The van der Waals surface area contributed by atoms with Gasteiger partial charge in [-0.3, -0.25) is 10.2 Å². The summed E-state index contributed by atoms with van der Waals surface area (Å²) in [5, 5.41) is 3.77. The zero-order chi connectivity index (χ0) is 7.68. The van der Waals surface area contributed by atoms with Crippen LogP contribution in [0.15, 0.2) is 16.2 Å². The number of rotatable bonds is 0. The van der Waals surface area contributed by atoms with Gasteiger partial charge < -0.3 is 4.98 Å². The van der Waals surface area contributed by atoms with Gasteiger partial charge in [-0.15, -0.1) is 0 Å². The number of H-pyrrole nitrogens is 1. The summed E-state index contributed by atoms with van der Waals surface area (Å²) in [6, 6.07) is 0. The number of nitrogens with one attached hydrogen (secondary N) is 2. The highest BCUT2D eigenvalue weighted by Crippen LogP contribution is 2.08. The minimum absolute atomic E-state index is 0.103. The van der Waals surface area contributed by atoms with Crippen molar-refractivity contribution >= 4 is 12.0 Å². The van der Waals surface area contributed by atoms with Crippen LogP contribution in [0.25, 0.3) is 0 Å². The fraction of sp³-hybridized carbons (Fsp3) is 0.167. The molecule has 0 amide bonds. The van der Waals surface area contributed by atoms with Crippen molar-refractivity contribution in [2.75, 3.05) is 5.43 Å². The lowest BCUT2D eigenvalue weighted by molar-refractivity contribution is 1.03. The Morgan fingerprint density at radius 1 is 1.55 bits per heavy atom. The van der Waals surface area contributed by atoms with Crippen LogP contribution in [0.3, 0.4) is 0 Å². The molecule has 2 N–H and O–H groups in total. The number of aromatic amines is 1. The predicted molar refractivity (Wildman–Crippen MR) is 40.7 cm³/mol. The van der Waals surface area contributed by atoms with Crippen LogP contribution >= 0.6 is 0 Å². The molecule has 1 aromatic rings. The minimum atomic E-state index is -0.103. The van der Waals surface area contributed by atoms with Crippen LogP contribution in [-0.4, -0.2) is 16.2 Å². The van der Waals surface area contributed by atoms with E-state index in [0.29, 0.717) is 17.8 Å². The molecule has 5 heteroatoms. The van der Waals surface area contributed by atoms with Crippen LogP contribution in [-0.2, 0) is 6.42 Å². The third kappa shape index (κ3) is 0.899. The summed E-state index contributed by atoms with van der Waals surface area (Å²) in [7, 11) is 0. The van der Waals surface area contributed by atoms with E-state index in [-0.39, 0.29) is 5.56 Å². The van der Waals surface area contributed by atoms with E-state index < -0.39 is 0 Å². The van der Waals surface area contributed by atoms with Gasteiger partial charge in [-0.25, -0.2) is 4.98 Å². The van der Waals surface area contributed by atoms with Crippen LogP contribution in [0, 0.1) is 0 Å². The number of fused-ring (bicyclic) bond motifs is 1. The number of hydrazone groups is 1. The smallest absolute Gasteiger partial charge is 0.256 e. The number of anilines is 1. The highest BCUT2D eigenvalue weighted by molar-refractivity contribution is 5.68. The van der Waals surface area contributed by atoms with Gasteiger partial charge in [-0.2, -0.15) is 5.10 Å². The number of hydrogen-bond donors (Lipinski definition) is 2. The van der Waals surface area contributed by atoms with E-state index in [0.717, 1.165) is 0 Å². The molecule has 0 fully saturated rings. The first kappa shape index (κ1) is 6.09. The topological polar surface area (TPSA) is 70.1 Å². The minimum Gasteiger partial charge on any atom is -0.313 e. The van der Waals surface area contributed by atoms with E-state index in [9.17, 15) is 4.79 Å². The van der Waals surface area contributed by atoms with Crippen LogP contribution < -0.4 is 11.0 Å². The zero-order valence-electron chi connectivity index (χ0n) is 5.66. The second-order valence-corrected chi connectivity index (χ2v) is 2.19. The van der Waals surface area contributed by atoms with Crippen molar-refractivity contribution in [3.05, 3.63) is 22.2 Å². The second kappa shape index (κ2) is 2.19. The van der Waals surface area contributed by atoms with Crippen molar-refractivity contribution in [3.8, 4) is 0 Å². The first-order valence-corrected chi connectivity index (χ1v) is 3.22. The molecule has 2 heterocycles. The van der Waals surface area contributed by atoms with Crippen molar-refractivity contribution in [2.24, 2.45) is 5.10 Å². The summed E-state index contributed by atoms with van der Waals surface area (Å²) in [5.41, 5.74) is 3.18. The highest BCUT2D eigenvalue weighted by atomic mass is 16.1. The van der Waals surface area contributed by atoms with E-state index in [2.05, 4.69) is 20.5 Å². The van der Waals surface area contributed by atoms with Crippen molar-refractivity contribution in [2.45, 2.75) is 6.42 Å². The number of hydrogen-bond acceptors (Lipinski definition) is 4. The number of nitrogens with zero attached hydrogens (tertiary/aromatic N) is 2. The monoisotopic (exact) mass is 150 g/mol. The Balaban J connectivity index is 2.63. The van der Waals surface area contributed by atoms with E-state index in [1.165, 1.54) is 6.33 Å². The molecule has 0 atom stereocenters. The molecule has 0 spiro atoms. The lowest BCUT2D eigenvalue weighted by Crippen LogP contribution is -2.19. The van der Waals surface area contributed by atoms with Crippen LogP contribution in [0.4, 0.5) is 5.82 Å². The summed E-state index contributed by atoms with van der Waals surface area (Å²) in [5.74, 6) is 0.552. The number of aromatic nitrogens is 2. The zero-order valence-corrected chi connectivity index (χ0v) is 5.66. The van der Waals surface area contributed by atoms with Crippen LogP contribution in [0.5, 0.6) is 0 Å². The summed E-state index contributed by atoms with van der Waals surface area (Å²) >= 11 is 0. The lowest BCUT2D eigenvalue weighted by Gasteiger charge is -2.07. The highest BCUT2D eigenvalue weighted by Gasteiger charge is 2.08. The molecular formula is C6H6N4O. The van der Waals surface area contributed by atoms with Crippen molar-refractivity contribution in [3.63, 3.8) is 0 Å². The van der Waals surface area contributed by atoms with Gasteiger partial charge >= 0.3 is 0 Å². The molecule has 1 aliphatic heterocycles. The second-order valence-electron chi connectivity index (χ2n) is 2.19. The van der Waals surface area contributed by atoms with E-state index in [1.54, 1.807) is 6.21 Å². The predicted octanol–water partition coefficient (Wildman–Crippen LogP) is -0.276. The molecule has 1 aliphatic rings. The van der Waals surface area contributed by atoms with Crippen molar-refractivity contribution < 1.29 is 0 Å². The summed E-state index contributed by atoms with van der Waals surface area (Å²) in [6.45, 7) is 0. The summed E-state index contributed by atoms with van der Waals surface area (Å²) in [4.78, 5) is 17.5. The van der Waals surface area contributed by atoms with Gasteiger partial charge in [0.1, 0.15) is 0 Å². The van der Waals surface area contributed by atoms with Gasteiger partial charge in [-0.05, 0) is 0 Å². The standard InChI is InChI=1S/C6H6N4O/c11-6-4-1-2-9-10-5(4)7-3-8-6/h2-3H,1H2,(H2,7,8,10,11). The van der Waals surface area contributed by atoms with Gasteiger partial charge in [0, 0.05) is 12.6 Å². The van der Waals surface area contributed by atoms with E-state index in [1.807, 2.05) is 0 Å². The summed E-state index contributed by atoms with van der Waals surface area (Å²) in [6.07, 6.45) is 3.54. The molecule has 0 aliphatic carbocycles. The molecule has 0 saturated heterocycles. The Kier molecular flexibility index (Phi) is 1.21. The van der Waals surface area contributed by atoms with E-state index >= 15 is 0 Å². The van der Waals surface area contributed by atoms with Crippen molar-refractivity contribution in [1.29, 1.82) is 0 Å². The fourth-order valence-corrected chi connectivity index (χ4v) is 0.957. The Morgan fingerprint density at radius 3 is 3.27 bits per heavy atom. The third-order valence-electron chi connectivity index (χ3n) is 1.51. The average Bonchev–Trinajstić information content (AvgIpc) is 2.06. The quantitative estimate of drug-likeness (QED) is 0.534. The molecule has 56 valence electrons. The molecule has 2 rings (SSSR count). The van der Waals surface area contributed by atoms with Gasteiger partial charge in [0.15, 0.2) is 5.82 Å². The van der Waals surface area contributed by atoms with Gasteiger partial charge in [-0.1, -0.05) is 0 Å². The molecule has 0 aromatic carbocycles. The Bertz CT molecular complexity index is 354. The maximum atomic E-state index is 11.1. The molecule has 5 nitrogen and oxygen atoms in total. The molecule has 0 bridgehead atoms. The molecular weight excluding hydrogens is 144 g/mol. The maximum absolute atomic E-state index is 11.1. The first-order chi connectivity index (χ1) is 5.38. The first-order valence-electron chi connectivity index (χ1n) is 3.22. The van der Waals surface area contributed by atoms with Gasteiger partial charge in [0.05, 0.1) is 11.9 Å². The normalized spacial score (nSPS) is 13.8. The van der Waals surface area contributed by atoms with Crippen LogP contribution in [0.1, 0.15) is 5.56 Å². The maximum Gasteiger partial charge on any atom is 0.256 e. The third-order valence-corrected chi connectivity index (χ3v) is 1.51. The fourth-order valence-electron chi connectivity index (χ4n) is 0.957. The average molecular weight is 150 g/mol. The van der Waals surface area contributed by atoms with Crippen LogP contribution in [0.2, 0.25) is 0 Å². The SMILES string of the molecule is O=c1[nH]cnc2c1CC=NN2. The Labute approximate surface area is 62.2 Å². The van der Waals surface area contributed by atoms with Gasteiger partial charge in [0.2, 0.25) is 0 Å². The van der Waals surface area contributed by atoms with Crippen molar-refractivity contribution in [1.82, 2.24) is 9.97 Å². The Morgan fingerprint density at radius 2 is 2.45 bits per heavy atom. The molecule has 0 saturated carbocycles. The van der Waals surface area contributed by atoms with Gasteiger partial charge in [0.25, 0.3) is 5.56 Å². The van der Waals surface area contributed by atoms with E-state index in [4.69, 9.17) is 0 Å². The molecule has 1 aromatic heterocycles. The molecule has 0 radical (unpaired) electrons. The molecule has 0 unspecified atom stereocenters.